The van der Waals surface area contributed by atoms with Crippen molar-refractivity contribution < 1.29 is 9.32 Å². The Hall–Kier alpha value is -2.22. The molecule has 2 aromatic heterocycles. The van der Waals surface area contributed by atoms with Gasteiger partial charge in [0, 0.05) is 5.56 Å². The van der Waals surface area contributed by atoms with Crippen molar-refractivity contribution in [2.24, 2.45) is 0 Å². The molecule has 21 heavy (non-hydrogen) atoms. The van der Waals surface area contributed by atoms with E-state index < -0.39 is 0 Å². The lowest BCUT2D eigenvalue weighted by Gasteiger charge is -2.21. The van der Waals surface area contributed by atoms with Crippen LogP contribution in [-0.4, -0.2) is 39.1 Å². The van der Waals surface area contributed by atoms with Crippen LogP contribution in [0.15, 0.2) is 10.7 Å². The summed E-state index contributed by atoms with van der Waals surface area (Å²) in [5.74, 6) is 0.0170. The number of rotatable bonds is 3. The molecule has 1 fully saturated rings. The number of anilines is 1. The Bertz CT molecular complexity index is 641. The summed E-state index contributed by atoms with van der Waals surface area (Å²) in [5.41, 5.74) is 1.85. The number of amides is 1. The molecule has 0 radical (unpaired) electrons. The van der Waals surface area contributed by atoms with Crippen LogP contribution in [0.2, 0.25) is 0 Å². The number of carbonyl (C=O) groups is 1. The summed E-state index contributed by atoms with van der Waals surface area (Å²) in [6.07, 6.45) is 3.67. The third-order valence-electron chi connectivity index (χ3n) is 3.81. The molecule has 0 unspecified atom stereocenters. The van der Waals surface area contributed by atoms with Gasteiger partial charge in [-0.05, 0) is 39.8 Å². The minimum absolute atomic E-state index is 0.280. The van der Waals surface area contributed by atoms with Crippen LogP contribution in [0.1, 0.15) is 40.6 Å². The lowest BCUT2D eigenvalue weighted by Crippen LogP contribution is -2.29. The molecule has 1 aliphatic heterocycles. The van der Waals surface area contributed by atoms with Gasteiger partial charge in [0.1, 0.15) is 0 Å². The van der Waals surface area contributed by atoms with Gasteiger partial charge in [-0.25, -0.2) is 4.68 Å². The predicted molar refractivity (Wildman–Crippen MR) is 75.1 cm³/mol. The fourth-order valence-corrected chi connectivity index (χ4v) is 2.33. The topological polar surface area (TPSA) is 97.9 Å². The largest absolute Gasteiger partial charge is 0.338 e. The van der Waals surface area contributed by atoms with Crippen LogP contribution in [0.4, 0.5) is 5.88 Å². The molecular formula is C13H18N6O2. The van der Waals surface area contributed by atoms with Gasteiger partial charge in [0.05, 0.1) is 17.9 Å². The van der Waals surface area contributed by atoms with E-state index in [4.69, 9.17) is 4.52 Å². The highest BCUT2D eigenvalue weighted by Gasteiger charge is 2.20. The summed E-state index contributed by atoms with van der Waals surface area (Å²) in [5, 5.41) is 17.8. The van der Waals surface area contributed by atoms with Gasteiger partial charge in [-0.15, -0.1) is 5.10 Å². The first-order valence-electron chi connectivity index (χ1n) is 7.02. The van der Waals surface area contributed by atoms with Gasteiger partial charge < -0.3 is 9.84 Å². The lowest BCUT2D eigenvalue weighted by molar-refractivity contribution is 0.101. The molecule has 112 valence electrons. The third kappa shape index (κ3) is 2.80. The average Bonchev–Trinajstić information content (AvgIpc) is 3.11. The van der Waals surface area contributed by atoms with E-state index in [2.05, 4.69) is 26.1 Å². The smallest absolute Gasteiger partial charge is 0.280 e. The molecule has 1 aliphatic rings. The van der Waals surface area contributed by atoms with Gasteiger partial charge in [0.2, 0.25) is 5.88 Å². The quantitative estimate of drug-likeness (QED) is 0.877. The lowest BCUT2D eigenvalue weighted by atomic mass is 10.1. The summed E-state index contributed by atoms with van der Waals surface area (Å²) >= 11 is 0. The standard InChI is InChI=1S/C13H18N6O2/c1-8-9(2)17-21-13(8)15-12(20)11-7-19(18-16-11)10-3-5-14-6-4-10/h7,10,14H,3-6H2,1-2H3,(H,15,20). The minimum atomic E-state index is -0.338. The van der Waals surface area contributed by atoms with E-state index in [1.165, 1.54) is 0 Å². The van der Waals surface area contributed by atoms with Crippen molar-refractivity contribution in [3.63, 3.8) is 0 Å². The molecule has 1 amide bonds. The maximum absolute atomic E-state index is 12.1. The van der Waals surface area contributed by atoms with E-state index in [0.717, 1.165) is 37.2 Å². The summed E-state index contributed by atoms with van der Waals surface area (Å²) in [7, 11) is 0. The fraction of sp³-hybridized carbons (Fsp3) is 0.538. The predicted octanol–water partition coefficient (Wildman–Crippen LogP) is 1.06. The van der Waals surface area contributed by atoms with Gasteiger partial charge in [0.25, 0.3) is 5.91 Å². The summed E-state index contributed by atoms with van der Waals surface area (Å²) in [4.78, 5) is 12.1. The SMILES string of the molecule is Cc1noc(NC(=O)c2cn(C3CCNCC3)nn2)c1C. The number of nitrogens with zero attached hydrogens (tertiary/aromatic N) is 4. The monoisotopic (exact) mass is 290 g/mol. The van der Waals surface area contributed by atoms with Crippen LogP contribution in [0, 0.1) is 13.8 Å². The van der Waals surface area contributed by atoms with Crippen molar-refractivity contribution in [2.75, 3.05) is 18.4 Å². The van der Waals surface area contributed by atoms with Crippen molar-refractivity contribution in [1.29, 1.82) is 0 Å². The summed E-state index contributed by atoms with van der Waals surface area (Å²) < 4.78 is 6.84. The Kier molecular flexibility index (Phi) is 3.70. The molecule has 2 aromatic rings. The molecule has 3 rings (SSSR count). The molecule has 0 atom stereocenters. The maximum atomic E-state index is 12.1. The van der Waals surface area contributed by atoms with Crippen molar-refractivity contribution in [2.45, 2.75) is 32.7 Å². The second kappa shape index (κ2) is 5.65. The molecule has 0 aliphatic carbocycles. The van der Waals surface area contributed by atoms with Gasteiger partial charge in [0.15, 0.2) is 5.69 Å². The van der Waals surface area contributed by atoms with Crippen LogP contribution in [0.3, 0.4) is 0 Å². The molecule has 0 spiro atoms. The zero-order valence-electron chi connectivity index (χ0n) is 12.1. The first-order chi connectivity index (χ1) is 10.1. The Morgan fingerprint density at radius 3 is 2.86 bits per heavy atom. The minimum Gasteiger partial charge on any atom is -0.338 e. The second-order valence-corrected chi connectivity index (χ2v) is 5.24. The normalized spacial score (nSPS) is 16.1. The summed E-state index contributed by atoms with van der Waals surface area (Å²) in [6.45, 7) is 5.58. The number of aromatic nitrogens is 4. The molecule has 2 N–H and O–H groups in total. The molecule has 1 saturated heterocycles. The zero-order valence-corrected chi connectivity index (χ0v) is 12.1. The molecule has 0 bridgehead atoms. The molecule has 0 aromatic carbocycles. The first kappa shape index (κ1) is 13.7. The number of hydrogen-bond donors (Lipinski definition) is 2. The number of carbonyl (C=O) groups excluding carboxylic acids is 1. The van der Waals surface area contributed by atoms with Gasteiger partial charge in [-0.3, -0.25) is 10.1 Å². The molecular weight excluding hydrogens is 272 g/mol. The van der Waals surface area contributed by atoms with Gasteiger partial charge in [-0.1, -0.05) is 10.4 Å². The Labute approximate surface area is 121 Å². The molecule has 8 nitrogen and oxygen atoms in total. The van der Waals surface area contributed by atoms with Crippen LogP contribution >= 0.6 is 0 Å². The number of hydrogen-bond acceptors (Lipinski definition) is 6. The maximum Gasteiger partial charge on any atom is 0.280 e. The highest BCUT2D eigenvalue weighted by atomic mass is 16.5. The highest BCUT2D eigenvalue weighted by Crippen LogP contribution is 2.19. The van der Waals surface area contributed by atoms with Crippen LogP contribution in [-0.2, 0) is 0 Å². The van der Waals surface area contributed by atoms with Crippen molar-refractivity contribution >= 4 is 11.8 Å². The van der Waals surface area contributed by atoms with Crippen LogP contribution < -0.4 is 10.6 Å². The highest BCUT2D eigenvalue weighted by molar-refractivity contribution is 6.02. The number of piperidine rings is 1. The van der Waals surface area contributed by atoms with E-state index in [-0.39, 0.29) is 11.6 Å². The van der Waals surface area contributed by atoms with E-state index in [0.29, 0.717) is 11.9 Å². The number of aryl methyl sites for hydroxylation is 1. The summed E-state index contributed by atoms with van der Waals surface area (Å²) in [6, 6.07) is 0.301. The fourth-order valence-electron chi connectivity index (χ4n) is 2.33. The zero-order chi connectivity index (χ0) is 14.8. The van der Waals surface area contributed by atoms with E-state index in [1.807, 2.05) is 13.8 Å². The van der Waals surface area contributed by atoms with E-state index >= 15 is 0 Å². The van der Waals surface area contributed by atoms with E-state index in [9.17, 15) is 4.79 Å². The van der Waals surface area contributed by atoms with Gasteiger partial charge >= 0.3 is 0 Å². The second-order valence-electron chi connectivity index (χ2n) is 5.24. The van der Waals surface area contributed by atoms with Crippen molar-refractivity contribution in [3.8, 4) is 0 Å². The van der Waals surface area contributed by atoms with Crippen LogP contribution in [0.25, 0.3) is 0 Å². The Morgan fingerprint density at radius 2 is 2.19 bits per heavy atom. The van der Waals surface area contributed by atoms with Crippen molar-refractivity contribution in [1.82, 2.24) is 25.5 Å². The Morgan fingerprint density at radius 1 is 1.43 bits per heavy atom. The van der Waals surface area contributed by atoms with Crippen molar-refractivity contribution in [3.05, 3.63) is 23.1 Å². The molecule has 0 saturated carbocycles. The third-order valence-corrected chi connectivity index (χ3v) is 3.81. The molecule has 8 heteroatoms. The Balaban J connectivity index is 1.70. The van der Waals surface area contributed by atoms with E-state index in [1.54, 1.807) is 10.9 Å². The molecule has 3 heterocycles. The average molecular weight is 290 g/mol. The van der Waals surface area contributed by atoms with Crippen LogP contribution in [0.5, 0.6) is 0 Å². The number of nitrogens with one attached hydrogen (secondary N) is 2. The first-order valence-corrected chi connectivity index (χ1v) is 7.02. The van der Waals surface area contributed by atoms with Gasteiger partial charge in [-0.2, -0.15) is 0 Å².